The second-order valence-electron chi connectivity index (χ2n) is 6.77. The van der Waals surface area contributed by atoms with E-state index in [9.17, 15) is 14.9 Å². The third-order valence-electron chi connectivity index (χ3n) is 4.93. The fraction of sp³-hybridized carbons (Fsp3) is 0.318. The Morgan fingerprint density at radius 2 is 1.87 bits per heavy atom. The van der Waals surface area contributed by atoms with E-state index < -0.39 is 4.92 Å². The molecule has 0 aliphatic carbocycles. The number of hydrogen-bond acceptors (Lipinski definition) is 7. The van der Waals surface area contributed by atoms with Crippen molar-refractivity contribution in [2.45, 2.75) is 25.9 Å². The van der Waals surface area contributed by atoms with Gasteiger partial charge in [-0.15, -0.1) is 0 Å². The number of fused-ring (bicyclic) bond motifs is 1. The molecule has 0 fully saturated rings. The maximum atomic E-state index is 12.7. The van der Waals surface area contributed by atoms with Crippen LogP contribution >= 0.6 is 0 Å². The van der Waals surface area contributed by atoms with Crippen molar-refractivity contribution in [3.8, 4) is 17.2 Å². The Balaban J connectivity index is 1.75. The third-order valence-corrected chi connectivity index (χ3v) is 4.93. The average molecular weight is 412 g/mol. The van der Waals surface area contributed by atoms with Crippen molar-refractivity contribution in [2.75, 3.05) is 20.8 Å². The van der Waals surface area contributed by atoms with Crippen LogP contribution in [0.2, 0.25) is 0 Å². The van der Waals surface area contributed by atoms with Crippen molar-refractivity contribution in [2.24, 2.45) is 0 Å². The Morgan fingerprint density at radius 1 is 1.17 bits per heavy atom. The number of nitrogens with zero attached hydrogens (tertiary/aromatic N) is 1. The summed E-state index contributed by atoms with van der Waals surface area (Å²) >= 11 is 0. The number of nitro groups is 1. The highest BCUT2D eigenvalue weighted by atomic mass is 16.6. The van der Waals surface area contributed by atoms with Crippen LogP contribution < -0.4 is 19.5 Å². The monoisotopic (exact) mass is 412 g/mol. The molecule has 1 N–H and O–H groups in total. The molecular weight excluding hydrogens is 388 g/mol. The van der Waals surface area contributed by atoms with Gasteiger partial charge in [-0.05, 0) is 60.4 Å². The number of ketones is 1. The first-order valence-corrected chi connectivity index (χ1v) is 9.57. The first kappa shape index (κ1) is 21.3. The van der Waals surface area contributed by atoms with E-state index in [-0.39, 0.29) is 23.3 Å². The molecule has 0 saturated carbocycles. The Labute approximate surface area is 174 Å². The smallest absolute Gasteiger partial charge is 0.310 e. The lowest BCUT2D eigenvalue weighted by atomic mass is 9.92. The SMILES string of the molecule is CCOc1cc(C=CC(=O)C2Cc3cc(OC)c(OC)cc3CN2)ccc1[N+](=O)[O-]. The van der Waals surface area contributed by atoms with Crippen LogP contribution in [0.25, 0.3) is 6.08 Å². The molecule has 8 nitrogen and oxygen atoms in total. The lowest BCUT2D eigenvalue weighted by molar-refractivity contribution is -0.385. The van der Waals surface area contributed by atoms with Crippen LogP contribution in [0.4, 0.5) is 5.69 Å². The van der Waals surface area contributed by atoms with Crippen LogP contribution in [0.5, 0.6) is 17.2 Å². The maximum Gasteiger partial charge on any atom is 0.310 e. The van der Waals surface area contributed by atoms with Gasteiger partial charge in [0.2, 0.25) is 0 Å². The van der Waals surface area contributed by atoms with Gasteiger partial charge in [-0.25, -0.2) is 0 Å². The van der Waals surface area contributed by atoms with Gasteiger partial charge in [0, 0.05) is 12.6 Å². The standard InChI is InChI=1S/C22H24N2O6/c1-4-30-20-9-14(5-7-18(20)24(26)27)6-8-19(25)17-10-15-11-21(28-2)22(29-3)12-16(15)13-23-17/h5-9,11-12,17,23H,4,10,13H2,1-3H3. The molecule has 1 aliphatic heterocycles. The summed E-state index contributed by atoms with van der Waals surface area (Å²) in [5.74, 6) is 1.40. The predicted molar refractivity (Wildman–Crippen MR) is 112 cm³/mol. The minimum Gasteiger partial charge on any atom is -0.493 e. The average Bonchev–Trinajstić information content (AvgIpc) is 2.76. The molecule has 0 aromatic heterocycles. The molecule has 0 saturated heterocycles. The fourth-order valence-corrected chi connectivity index (χ4v) is 3.40. The minimum absolute atomic E-state index is 0.0771. The number of nitro benzene ring substituents is 1. The molecule has 0 radical (unpaired) electrons. The van der Waals surface area contributed by atoms with Crippen molar-refractivity contribution >= 4 is 17.5 Å². The van der Waals surface area contributed by atoms with E-state index in [1.54, 1.807) is 39.4 Å². The maximum absolute atomic E-state index is 12.7. The van der Waals surface area contributed by atoms with Gasteiger partial charge in [-0.2, -0.15) is 0 Å². The third kappa shape index (κ3) is 4.60. The Kier molecular flexibility index (Phi) is 6.68. The molecule has 0 spiro atoms. The summed E-state index contributed by atoms with van der Waals surface area (Å²) in [6.45, 7) is 2.62. The second kappa shape index (κ2) is 9.41. The van der Waals surface area contributed by atoms with E-state index in [4.69, 9.17) is 14.2 Å². The minimum atomic E-state index is -0.490. The van der Waals surface area contributed by atoms with Crippen molar-refractivity contribution in [1.29, 1.82) is 0 Å². The predicted octanol–water partition coefficient (Wildman–Crippen LogP) is 3.31. The number of carbonyl (C=O) groups excluding carboxylic acids is 1. The topological polar surface area (TPSA) is 99.9 Å². The Hall–Kier alpha value is -3.39. The van der Waals surface area contributed by atoms with E-state index in [0.29, 0.717) is 36.6 Å². The van der Waals surface area contributed by atoms with Gasteiger partial charge < -0.3 is 19.5 Å². The van der Waals surface area contributed by atoms with Crippen molar-refractivity contribution in [1.82, 2.24) is 5.32 Å². The quantitative estimate of drug-likeness (QED) is 0.403. The van der Waals surface area contributed by atoms with E-state index in [1.807, 2.05) is 12.1 Å². The molecular formula is C22H24N2O6. The fourth-order valence-electron chi connectivity index (χ4n) is 3.40. The zero-order valence-electron chi connectivity index (χ0n) is 17.1. The highest BCUT2D eigenvalue weighted by Gasteiger charge is 2.24. The van der Waals surface area contributed by atoms with Crippen LogP contribution in [0, 0.1) is 10.1 Å². The number of rotatable bonds is 8. The van der Waals surface area contributed by atoms with Gasteiger partial charge in [-0.3, -0.25) is 14.9 Å². The molecule has 2 aromatic carbocycles. The molecule has 158 valence electrons. The van der Waals surface area contributed by atoms with E-state index >= 15 is 0 Å². The zero-order valence-corrected chi connectivity index (χ0v) is 17.1. The number of nitrogens with one attached hydrogen (secondary N) is 1. The van der Waals surface area contributed by atoms with Gasteiger partial charge in [0.1, 0.15) is 0 Å². The molecule has 1 heterocycles. The van der Waals surface area contributed by atoms with Gasteiger partial charge in [-0.1, -0.05) is 6.08 Å². The Bertz CT molecular complexity index is 986. The number of carbonyl (C=O) groups is 1. The van der Waals surface area contributed by atoms with Gasteiger partial charge in [0.05, 0.1) is 31.8 Å². The van der Waals surface area contributed by atoms with Crippen LogP contribution in [0.1, 0.15) is 23.6 Å². The molecule has 30 heavy (non-hydrogen) atoms. The molecule has 0 bridgehead atoms. The zero-order chi connectivity index (χ0) is 21.7. The molecule has 1 unspecified atom stereocenters. The van der Waals surface area contributed by atoms with Crippen molar-refractivity contribution in [3.63, 3.8) is 0 Å². The Morgan fingerprint density at radius 3 is 2.50 bits per heavy atom. The largest absolute Gasteiger partial charge is 0.493 e. The van der Waals surface area contributed by atoms with Crippen molar-refractivity contribution in [3.05, 3.63) is 63.2 Å². The summed E-state index contributed by atoms with van der Waals surface area (Å²) in [4.78, 5) is 23.3. The van der Waals surface area contributed by atoms with Gasteiger partial charge in [0.25, 0.3) is 0 Å². The molecule has 8 heteroatoms. The summed E-state index contributed by atoms with van der Waals surface area (Å²) in [6.07, 6.45) is 3.66. The number of ether oxygens (including phenoxy) is 3. The van der Waals surface area contributed by atoms with Crippen LogP contribution in [0.3, 0.4) is 0 Å². The first-order chi connectivity index (χ1) is 14.5. The van der Waals surface area contributed by atoms with Crippen molar-refractivity contribution < 1.29 is 23.9 Å². The first-order valence-electron chi connectivity index (χ1n) is 9.57. The summed E-state index contributed by atoms with van der Waals surface area (Å²) < 4.78 is 16.0. The summed E-state index contributed by atoms with van der Waals surface area (Å²) in [5.41, 5.74) is 2.65. The van der Waals surface area contributed by atoms with Crippen LogP contribution in [0.15, 0.2) is 36.4 Å². The molecule has 1 aliphatic rings. The van der Waals surface area contributed by atoms with E-state index in [0.717, 1.165) is 11.1 Å². The van der Waals surface area contributed by atoms with E-state index in [1.165, 1.54) is 12.1 Å². The molecule has 3 rings (SSSR count). The van der Waals surface area contributed by atoms with Crippen LogP contribution in [-0.4, -0.2) is 37.6 Å². The molecule has 0 amide bonds. The lowest BCUT2D eigenvalue weighted by Crippen LogP contribution is -2.41. The lowest BCUT2D eigenvalue weighted by Gasteiger charge is -2.25. The normalized spacial score (nSPS) is 15.5. The van der Waals surface area contributed by atoms with E-state index in [2.05, 4.69) is 5.32 Å². The summed E-state index contributed by atoms with van der Waals surface area (Å²) in [5, 5.41) is 14.3. The highest BCUT2D eigenvalue weighted by molar-refractivity contribution is 5.98. The second-order valence-corrected chi connectivity index (χ2v) is 6.77. The summed E-state index contributed by atoms with van der Waals surface area (Å²) in [7, 11) is 3.17. The molecule has 2 aromatic rings. The number of hydrogen-bond donors (Lipinski definition) is 1. The summed E-state index contributed by atoms with van der Waals surface area (Å²) in [6, 6.07) is 7.99. The van der Waals surface area contributed by atoms with Crippen LogP contribution in [-0.2, 0) is 17.8 Å². The van der Waals surface area contributed by atoms with Gasteiger partial charge in [0.15, 0.2) is 23.0 Å². The molecule has 1 atom stereocenters. The highest BCUT2D eigenvalue weighted by Crippen LogP contribution is 2.33. The number of benzene rings is 2. The van der Waals surface area contributed by atoms with Gasteiger partial charge >= 0.3 is 5.69 Å². The number of methoxy groups -OCH3 is 2.